The average molecular weight is 175 g/mol. The van der Waals surface area contributed by atoms with E-state index in [0.717, 1.165) is 12.8 Å². The lowest BCUT2D eigenvalue weighted by atomic mass is 9.89. The van der Waals surface area contributed by atoms with Crippen LogP contribution in [0.3, 0.4) is 0 Å². The van der Waals surface area contributed by atoms with Gasteiger partial charge < -0.3 is 20.6 Å². The Morgan fingerprint density at radius 3 is 1.83 bits per heavy atom. The van der Waals surface area contributed by atoms with Crippen molar-refractivity contribution >= 4 is 0 Å². The fraction of sp³-hybridized carbons (Fsp3) is 1.00. The maximum atomic E-state index is 8.96. The Morgan fingerprint density at radius 2 is 1.58 bits per heavy atom. The van der Waals surface area contributed by atoms with E-state index in [2.05, 4.69) is 5.32 Å². The lowest BCUT2D eigenvalue weighted by molar-refractivity contribution is 0.0261. The number of nitrogens with one attached hydrogen (secondary N) is 1. The summed E-state index contributed by atoms with van der Waals surface area (Å²) >= 11 is 0. The third kappa shape index (κ3) is 1.95. The van der Waals surface area contributed by atoms with Gasteiger partial charge in [-0.05, 0) is 12.8 Å². The first-order chi connectivity index (χ1) is 5.76. The van der Waals surface area contributed by atoms with E-state index in [4.69, 9.17) is 15.3 Å². The van der Waals surface area contributed by atoms with Crippen molar-refractivity contribution in [3.8, 4) is 0 Å². The van der Waals surface area contributed by atoms with Gasteiger partial charge >= 0.3 is 0 Å². The van der Waals surface area contributed by atoms with Crippen molar-refractivity contribution in [2.24, 2.45) is 0 Å². The highest BCUT2D eigenvalue weighted by atomic mass is 16.3. The molecule has 1 rings (SSSR count). The Labute approximate surface area is 72.2 Å². The first-order valence-electron chi connectivity index (χ1n) is 4.36. The van der Waals surface area contributed by atoms with Crippen LogP contribution < -0.4 is 5.32 Å². The molecule has 0 unspecified atom stereocenters. The molecule has 0 atom stereocenters. The van der Waals surface area contributed by atoms with E-state index in [1.807, 2.05) is 0 Å². The largest absolute Gasteiger partial charge is 0.394 e. The second-order valence-corrected chi connectivity index (χ2v) is 3.53. The molecule has 1 aliphatic rings. The zero-order valence-corrected chi connectivity index (χ0v) is 7.16. The molecule has 0 aromatic heterocycles. The van der Waals surface area contributed by atoms with E-state index in [0.29, 0.717) is 6.04 Å². The van der Waals surface area contributed by atoms with Crippen LogP contribution in [0.5, 0.6) is 0 Å². The molecule has 4 heteroatoms. The van der Waals surface area contributed by atoms with Crippen molar-refractivity contribution in [2.45, 2.75) is 30.8 Å². The molecule has 0 aromatic rings. The lowest BCUT2D eigenvalue weighted by Crippen LogP contribution is -2.59. The minimum atomic E-state index is -0.884. The molecular formula is C8H17NO3. The molecule has 0 radical (unpaired) electrons. The summed E-state index contributed by atoms with van der Waals surface area (Å²) in [6.45, 7) is -0.677. The zero-order chi connectivity index (χ0) is 9.03. The Bertz CT molecular complexity index is 124. The van der Waals surface area contributed by atoms with E-state index in [1.54, 1.807) is 0 Å². The minimum Gasteiger partial charge on any atom is -0.394 e. The van der Waals surface area contributed by atoms with Crippen LogP contribution in [0.15, 0.2) is 0 Å². The molecule has 0 spiro atoms. The van der Waals surface area contributed by atoms with Crippen molar-refractivity contribution in [3.05, 3.63) is 0 Å². The third-order valence-electron chi connectivity index (χ3n) is 2.52. The Hall–Kier alpha value is -0.160. The molecule has 0 heterocycles. The Balaban J connectivity index is 2.39. The summed E-state index contributed by atoms with van der Waals surface area (Å²) in [5.41, 5.74) is -0.884. The molecule has 1 aliphatic carbocycles. The third-order valence-corrected chi connectivity index (χ3v) is 2.52. The topological polar surface area (TPSA) is 72.7 Å². The maximum Gasteiger partial charge on any atom is 0.0883 e. The van der Waals surface area contributed by atoms with Gasteiger partial charge in [0.05, 0.1) is 25.4 Å². The van der Waals surface area contributed by atoms with Crippen LogP contribution >= 0.6 is 0 Å². The van der Waals surface area contributed by atoms with Gasteiger partial charge in [0.2, 0.25) is 0 Å². The number of hydrogen-bond donors (Lipinski definition) is 4. The van der Waals surface area contributed by atoms with Gasteiger partial charge in [-0.1, -0.05) is 6.42 Å². The number of rotatable bonds is 5. The predicted octanol–water partition coefficient (Wildman–Crippen LogP) is -1.16. The second-order valence-electron chi connectivity index (χ2n) is 3.53. The van der Waals surface area contributed by atoms with Gasteiger partial charge in [0.25, 0.3) is 0 Å². The molecular weight excluding hydrogens is 158 g/mol. The highest BCUT2D eigenvalue weighted by Gasteiger charge is 2.32. The summed E-state index contributed by atoms with van der Waals surface area (Å²) in [4.78, 5) is 0. The summed E-state index contributed by atoms with van der Waals surface area (Å²) < 4.78 is 0. The predicted molar refractivity (Wildman–Crippen MR) is 44.8 cm³/mol. The highest BCUT2D eigenvalue weighted by molar-refractivity contribution is 4.92. The van der Waals surface area contributed by atoms with Crippen molar-refractivity contribution in [3.63, 3.8) is 0 Å². The standard InChI is InChI=1S/C8H17NO3/c10-4-8(5-11,6-12)9-7-2-1-3-7/h7,9-12H,1-6H2. The Morgan fingerprint density at radius 1 is 1.08 bits per heavy atom. The molecule has 1 saturated carbocycles. The maximum absolute atomic E-state index is 8.96. The van der Waals surface area contributed by atoms with Crippen molar-refractivity contribution in [2.75, 3.05) is 19.8 Å². The molecule has 0 amide bonds. The van der Waals surface area contributed by atoms with Crippen LogP contribution in [-0.4, -0.2) is 46.7 Å². The van der Waals surface area contributed by atoms with Crippen LogP contribution in [0.1, 0.15) is 19.3 Å². The first kappa shape index (κ1) is 9.92. The fourth-order valence-electron chi connectivity index (χ4n) is 1.27. The molecule has 4 N–H and O–H groups in total. The number of aliphatic hydroxyl groups is 3. The molecule has 12 heavy (non-hydrogen) atoms. The van der Waals surface area contributed by atoms with Crippen molar-refractivity contribution < 1.29 is 15.3 Å². The molecule has 72 valence electrons. The van der Waals surface area contributed by atoms with Crippen LogP contribution in [0.4, 0.5) is 0 Å². The minimum absolute atomic E-state index is 0.226. The monoisotopic (exact) mass is 175 g/mol. The van der Waals surface area contributed by atoms with E-state index in [9.17, 15) is 0 Å². The van der Waals surface area contributed by atoms with E-state index in [1.165, 1.54) is 6.42 Å². The van der Waals surface area contributed by atoms with E-state index >= 15 is 0 Å². The summed E-state index contributed by atoms with van der Waals surface area (Å²) in [5.74, 6) is 0. The van der Waals surface area contributed by atoms with Crippen molar-refractivity contribution in [1.82, 2.24) is 5.32 Å². The smallest absolute Gasteiger partial charge is 0.0883 e. The van der Waals surface area contributed by atoms with Crippen LogP contribution in [0, 0.1) is 0 Å². The normalized spacial score (nSPS) is 19.2. The molecule has 0 aliphatic heterocycles. The van der Waals surface area contributed by atoms with Gasteiger partial charge in [-0.25, -0.2) is 0 Å². The van der Waals surface area contributed by atoms with Gasteiger partial charge in [0, 0.05) is 6.04 Å². The van der Waals surface area contributed by atoms with Crippen LogP contribution in [0.2, 0.25) is 0 Å². The van der Waals surface area contributed by atoms with E-state index < -0.39 is 5.54 Å². The van der Waals surface area contributed by atoms with Gasteiger partial charge in [0.15, 0.2) is 0 Å². The van der Waals surface area contributed by atoms with Gasteiger partial charge in [-0.15, -0.1) is 0 Å². The Kier molecular flexibility index (Phi) is 3.46. The molecule has 0 bridgehead atoms. The SMILES string of the molecule is OCC(CO)(CO)NC1CCC1. The van der Waals surface area contributed by atoms with Crippen LogP contribution in [-0.2, 0) is 0 Å². The van der Waals surface area contributed by atoms with Gasteiger partial charge in [-0.3, -0.25) is 0 Å². The quantitative estimate of drug-likeness (QED) is 0.425. The van der Waals surface area contributed by atoms with Crippen LogP contribution in [0.25, 0.3) is 0 Å². The number of hydrogen-bond acceptors (Lipinski definition) is 4. The summed E-state index contributed by atoms with van der Waals surface area (Å²) in [6.07, 6.45) is 3.33. The molecule has 0 saturated heterocycles. The molecule has 1 fully saturated rings. The summed E-state index contributed by atoms with van der Waals surface area (Å²) in [6, 6.07) is 0.358. The molecule has 0 aromatic carbocycles. The zero-order valence-electron chi connectivity index (χ0n) is 7.16. The summed E-state index contributed by atoms with van der Waals surface area (Å²) in [7, 11) is 0. The van der Waals surface area contributed by atoms with Gasteiger partial charge in [-0.2, -0.15) is 0 Å². The average Bonchev–Trinajstić information content (AvgIpc) is 2.05. The first-order valence-corrected chi connectivity index (χ1v) is 4.36. The fourth-order valence-corrected chi connectivity index (χ4v) is 1.27. The lowest BCUT2D eigenvalue weighted by Gasteiger charge is -2.37. The second kappa shape index (κ2) is 4.18. The van der Waals surface area contributed by atoms with Crippen molar-refractivity contribution in [1.29, 1.82) is 0 Å². The summed E-state index contributed by atoms with van der Waals surface area (Å²) in [5, 5.41) is 30.0. The molecule has 4 nitrogen and oxygen atoms in total. The number of aliphatic hydroxyl groups excluding tert-OH is 3. The van der Waals surface area contributed by atoms with E-state index in [-0.39, 0.29) is 19.8 Å². The highest BCUT2D eigenvalue weighted by Crippen LogP contribution is 2.20. The van der Waals surface area contributed by atoms with Gasteiger partial charge in [0.1, 0.15) is 0 Å².